The molecule has 0 atom stereocenters. The van der Waals surface area contributed by atoms with Crippen LogP contribution in [0.4, 0.5) is 0 Å². The Hall–Kier alpha value is -0.780. The molecule has 0 aliphatic carbocycles. The fraction of sp³-hybridized carbons (Fsp3) is 0.417. The number of hydrogen-bond donors (Lipinski definition) is 1. The monoisotopic (exact) mass is 335 g/mol. The second kappa shape index (κ2) is 7.61. The molecular formula is C12H15BrClNO3. The molecule has 0 bridgehead atoms. The largest absolute Gasteiger partial charge is 0.507 e. The first-order chi connectivity index (χ1) is 8.60. The summed E-state index contributed by atoms with van der Waals surface area (Å²) in [5.74, 6) is 0.0382. The number of methoxy groups -OCH3 is 1. The van der Waals surface area contributed by atoms with E-state index in [9.17, 15) is 9.90 Å². The van der Waals surface area contributed by atoms with E-state index in [4.69, 9.17) is 16.3 Å². The fourth-order valence-electron chi connectivity index (χ4n) is 1.47. The summed E-state index contributed by atoms with van der Waals surface area (Å²) in [6, 6.07) is 4.74. The van der Waals surface area contributed by atoms with Crippen LogP contribution < -0.4 is 0 Å². The number of hydrogen-bond acceptors (Lipinski definition) is 3. The van der Waals surface area contributed by atoms with Crippen molar-refractivity contribution in [3.05, 3.63) is 28.2 Å². The van der Waals surface area contributed by atoms with E-state index in [1.165, 1.54) is 6.07 Å². The molecule has 1 aromatic carbocycles. The van der Waals surface area contributed by atoms with Crippen molar-refractivity contribution in [3.8, 4) is 5.75 Å². The van der Waals surface area contributed by atoms with Gasteiger partial charge in [-0.05, 0) is 18.2 Å². The summed E-state index contributed by atoms with van der Waals surface area (Å²) < 4.78 is 5.69. The molecule has 1 N–H and O–H groups in total. The van der Waals surface area contributed by atoms with Crippen LogP contribution in [-0.2, 0) is 4.74 Å². The van der Waals surface area contributed by atoms with Crippen molar-refractivity contribution in [2.75, 3.05) is 32.7 Å². The zero-order valence-electron chi connectivity index (χ0n) is 10.0. The highest BCUT2D eigenvalue weighted by atomic mass is 79.9. The number of alkyl halides is 1. The summed E-state index contributed by atoms with van der Waals surface area (Å²) in [4.78, 5) is 13.8. The fourth-order valence-corrected chi connectivity index (χ4v) is 2.03. The average molecular weight is 337 g/mol. The molecule has 0 aliphatic rings. The molecule has 0 radical (unpaired) electrons. The summed E-state index contributed by atoms with van der Waals surface area (Å²) in [6.45, 7) is 1.28. The lowest BCUT2D eigenvalue weighted by Crippen LogP contribution is -2.35. The van der Waals surface area contributed by atoms with Crippen LogP contribution in [0.25, 0.3) is 0 Å². The lowest BCUT2D eigenvalue weighted by molar-refractivity contribution is 0.0705. The summed E-state index contributed by atoms with van der Waals surface area (Å²) in [5.41, 5.74) is 0.255. The molecule has 0 unspecified atom stereocenters. The Balaban J connectivity index is 2.90. The Kier molecular flexibility index (Phi) is 6.46. The van der Waals surface area contributed by atoms with Crippen LogP contribution >= 0.6 is 27.5 Å². The third-order valence-corrected chi connectivity index (χ3v) is 3.06. The van der Waals surface area contributed by atoms with Crippen LogP contribution in [0.15, 0.2) is 22.7 Å². The second-order valence-corrected chi connectivity index (χ2v) is 4.93. The van der Waals surface area contributed by atoms with Gasteiger partial charge in [0.2, 0.25) is 0 Å². The molecule has 0 saturated heterocycles. The summed E-state index contributed by atoms with van der Waals surface area (Å²) in [7, 11) is 1.57. The predicted octanol–water partition coefficient (Wildman–Crippen LogP) is 2.48. The van der Waals surface area contributed by atoms with Crippen molar-refractivity contribution in [2.45, 2.75) is 0 Å². The number of amides is 1. The number of phenolic OH excluding ortho intramolecular Hbond substituents is 1. The number of nitrogens with zero attached hydrogens (tertiary/aromatic N) is 1. The van der Waals surface area contributed by atoms with Gasteiger partial charge < -0.3 is 14.7 Å². The molecule has 18 heavy (non-hydrogen) atoms. The van der Waals surface area contributed by atoms with Gasteiger partial charge in [0.05, 0.1) is 12.2 Å². The zero-order chi connectivity index (χ0) is 13.5. The normalized spacial score (nSPS) is 10.4. The van der Waals surface area contributed by atoms with Crippen LogP contribution in [0, 0.1) is 0 Å². The second-order valence-electron chi connectivity index (χ2n) is 3.64. The van der Waals surface area contributed by atoms with Crippen LogP contribution in [0.5, 0.6) is 5.75 Å². The van der Waals surface area contributed by atoms with E-state index in [2.05, 4.69) is 15.9 Å². The number of carbonyl (C=O) groups excluding carboxylic acids is 1. The number of aromatic hydroxyl groups is 1. The highest BCUT2D eigenvalue weighted by molar-refractivity contribution is 9.10. The number of ether oxygens (including phenoxy) is 1. The van der Waals surface area contributed by atoms with Gasteiger partial charge in [-0.3, -0.25) is 4.79 Å². The van der Waals surface area contributed by atoms with E-state index >= 15 is 0 Å². The average Bonchev–Trinajstić information content (AvgIpc) is 2.36. The number of rotatable bonds is 6. The van der Waals surface area contributed by atoms with Gasteiger partial charge in [0.15, 0.2) is 0 Å². The van der Waals surface area contributed by atoms with Crippen molar-refractivity contribution in [1.29, 1.82) is 0 Å². The van der Waals surface area contributed by atoms with Crippen LogP contribution in [-0.4, -0.2) is 48.6 Å². The van der Waals surface area contributed by atoms with E-state index in [0.29, 0.717) is 25.6 Å². The quantitative estimate of drug-likeness (QED) is 0.812. The molecule has 0 fully saturated rings. The SMILES string of the molecule is COCCN(CCCl)C(=O)c1cc(Br)ccc1O. The minimum atomic E-state index is -0.258. The lowest BCUT2D eigenvalue weighted by atomic mass is 10.1. The van der Waals surface area contributed by atoms with E-state index in [0.717, 1.165) is 4.47 Å². The van der Waals surface area contributed by atoms with E-state index in [1.54, 1.807) is 24.1 Å². The van der Waals surface area contributed by atoms with Gasteiger partial charge in [0, 0.05) is 30.6 Å². The molecule has 4 nitrogen and oxygen atoms in total. The molecule has 1 amide bonds. The minimum Gasteiger partial charge on any atom is -0.507 e. The zero-order valence-corrected chi connectivity index (χ0v) is 12.4. The molecule has 0 aliphatic heterocycles. The Bertz CT molecular complexity index is 414. The summed E-state index contributed by atoms with van der Waals surface area (Å²) in [5, 5.41) is 9.72. The molecular weight excluding hydrogens is 321 g/mol. The Morgan fingerprint density at radius 1 is 1.50 bits per heavy atom. The first kappa shape index (κ1) is 15.3. The molecule has 0 heterocycles. The summed E-state index contributed by atoms with van der Waals surface area (Å²) in [6.07, 6.45) is 0. The van der Waals surface area contributed by atoms with Gasteiger partial charge >= 0.3 is 0 Å². The molecule has 100 valence electrons. The van der Waals surface area contributed by atoms with Gasteiger partial charge in [-0.25, -0.2) is 0 Å². The third-order valence-electron chi connectivity index (χ3n) is 2.40. The minimum absolute atomic E-state index is 0.0415. The highest BCUT2D eigenvalue weighted by Crippen LogP contribution is 2.23. The van der Waals surface area contributed by atoms with Gasteiger partial charge in [-0.1, -0.05) is 15.9 Å². The van der Waals surface area contributed by atoms with E-state index in [-0.39, 0.29) is 17.2 Å². The molecule has 1 rings (SSSR count). The van der Waals surface area contributed by atoms with Crippen LogP contribution in [0.3, 0.4) is 0 Å². The maximum absolute atomic E-state index is 12.2. The Morgan fingerprint density at radius 3 is 2.83 bits per heavy atom. The first-order valence-corrected chi connectivity index (χ1v) is 6.75. The predicted molar refractivity (Wildman–Crippen MR) is 74.3 cm³/mol. The van der Waals surface area contributed by atoms with Crippen molar-refractivity contribution in [3.63, 3.8) is 0 Å². The highest BCUT2D eigenvalue weighted by Gasteiger charge is 2.18. The lowest BCUT2D eigenvalue weighted by Gasteiger charge is -2.21. The number of phenols is 1. The number of carbonyl (C=O) groups is 1. The molecule has 0 saturated carbocycles. The third kappa shape index (κ3) is 4.15. The van der Waals surface area contributed by atoms with Gasteiger partial charge in [-0.15, -0.1) is 11.6 Å². The van der Waals surface area contributed by atoms with E-state index < -0.39 is 0 Å². The van der Waals surface area contributed by atoms with Gasteiger partial charge in [-0.2, -0.15) is 0 Å². The van der Waals surface area contributed by atoms with Crippen molar-refractivity contribution in [2.24, 2.45) is 0 Å². The Labute approximate surface area is 120 Å². The van der Waals surface area contributed by atoms with Gasteiger partial charge in [0.25, 0.3) is 5.91 Å². The molecule has 0 spiro atoms. The standard InChI is InChI=1S/C12H15BrClNO3/c1-18-7-6-15(5-4-14)12(17)10-8-9(13)2-3-11(10)16/h2-3,8,16H,4-7H2,1H3. The smallest absolute Gasteiger partial charge is 0.257 e. The maximum atomic E-state index is 12.2. The number of halogens is 2. The van der Waals surface area contributed by atoms with Crippen molar-refractivity contribution >= 4 is 33.4 Å². The first-order valence-electron chi connectivity index (χ1n) is 5.42. The summed E-state index contributed by atoms with van der Waals surface area (Å²) >= 11 is 8.94. The molecule has 1 aromatic rings. The number of benzene rings is 1. The molecule has 0 aromatic heterocycles. The van der Waals surface area contributed by atoms with E-state index in [1.807, 2.05) is 0 Å². The van der Waals surface area contributed by atoms with Crippen molar-refractivity contribution in [1.82, 2.24) is 4.90 Å². The van der Waals surface area contributed by atoms with Crippen LogP contribution in [0.1, 0.15) is 10.4 Å². The van der Waals surface area contributed by atoms with Crippen molar-refractivity contribution < 1.29 is 14.6 Å². The Morgan fingerprint density at radius 2 is 2.22 bits per heavy atom. The van der Waals surface area contributed by atoms with Gasteiger partial charge in [0.1, 0.15) is 5.75 Å². The topological polar surface area (TPSA) is 49.8 Å². The van der Waals surface area contributed by atoms with Crippen LogP contribution in [0.2, 0.25) is 0 Å². The molecule has 6 heteroatoms. The maximum Gasteiger partial charge on any atom is 0.257 e.